The molecule has 0 aliphatic carbocycles. The predicted molar refractivity (Wildman–Crippen MR) is 66.4 cm³/mol. The molecule has 0 spiro atoms. The molecule has 8 heteroatoms. The van der Waals surface area contributed by atoms with Crippen molar-refractivity contribution in [1.29, 1.82) is 0 Å². The number of aliphatic hydroxyl groups is 1. The van der Waals surface area contributed by atoms with Gasteiger partial charge >= 0.3 is 12.6 Å². The molecule has 1 atom stereocenters. The maximum Gasteiger partial charge on any atom is 0.387 e. The van der Waals surface area contributed by atoms with Crippen molar-refractivity contribution in [1.82, 2.24) is 5.32 Å². The first-order chi connectivity index (χ1) is 9.42. The lowest BCUT2D eigenvalue weighted by Gasteiger charge is -2.15. The molecule has 5 nitrogen and oxygen atoms in total. The van der Waals surface area contributed by atoms with Crippen LogP contribution in [0.4, 0.5) is 23.7 Å². The van der Waals surface area contributed by atoms with Gasteiger partial charge in [0.25, 0.3) is 0 Å². The summed E-state index contributed by atoms with van der Waals surface area (Å²) in [5.74, 6) is -1.04. The van der Waals surface area contributed by atoms with E-state index in [4.69, 9.17) is 5.11 Å². The first kappa shape index (κ1) is 16.1. The average Bonchev–Trinajstić information content (AvgIpc) is 2.32. The average molecular weight is 292 g/mol. The standard InChI is InChI=1S/C12H15F3N2O3/c1-7(4-5-18)16-12(19)17-9-6-8(13)2-3-10(9)20-11(14)15/h2-3,6-7,11,18H,4-5H2,1H3,(H2,16,17,19)/t7-/m1/s1. The maximum atomic E-state index is 13.1. The van der Waals surface area contributed by atoms with Gasteiger partial charge in [0.1, 0.15) is 11.6 Å². The molecule has 0 aliphatic heterocycles. The summed E-state index contributed by atoms with van der Waals surface area (Å²) in [5.41, 5.74) is -0.209. The molecule has 0 aromatic heterocycles. The highest BCUT2D eigenvalue weighted by molar-refractivity contribution is 5.91. The largest absolute Gasteiger partial charge is 0.433 e. The van der Waals surface area contributed by atoms with Gasteiger partial charge in [-0.3, -0.25) is 0 Å². The Hall–Kier alpha value is -1.96. The molecular weight excluding hydrogens is 277 g/mol. The molecule has 0 fully saturated rings. The quantitative estimate of drug-likeness (QED) is 0.753. The molecule has 0 saturated heterocycles. The summed E-state index contributed by atoms with van der Waals surface area (Å²) < 4.78 is 41.6. The van der Waals surface area contributed by atoms with Crippen molar-refractivity contribution in [2.24, 2.45) is 0 Å². The van der Waals surface area contributed by atoms with Gasteiger partial charge in [-0.15, -0.1) is 0 Å². The Morgan fingerprint density at radius 3 is 2.75 bits per heavy atom. The van der Waals surface area contributed by atoms with Crippen molar-refractivity contribution in [3.8, 4) is 5.75 Å². The topological polar surface area (TPSA) is 70.6 Å². The van der Waals surface area contributed by atoms with Gasteiger partial charge in [-0.1, -0.05) is 0 Å². The molecule has 1 aromatic rings. The number of hydrogen-bond acceptors (Lipinski definition) is 3. The van der Waals surface area contributed by atoms with Crippen LogP contribution in [-0.4, -0.2) is 30.4 Å². The van der Waals surface area contributed by atoms with Crippen LogP contribution in [0.3, 0.4) is 0 Å². The monoisotopic (exact) mass is 292 g/mol. The molecule has 20 heavy (non-hydrogen) atoms. The highest BCUT2D eigenvalue weighted by Gasteiger charge is 2.14. The van der Waals surface area contributed by atoms with E-state index in [1.165, 1.54) is 0 Å². The van der Waals surface area contributed by atoms with E-state index >= 15 is 0 Å². The van der Waals surface area contributed by atoms with Crippen LogP contribution in [0, 0.1) is 5.82 Å². The second kappa shape index (κ2) is 7.59. The maximum absolute atomic E-state index is 13.1. The Bertz CT molecular complexity index is 458. The fourth-order valence-electron chi connectivity index (χ4n) is 1.45. The Kier molecular flexibility index (Phi) is 6.10. The summed E-state index contributed by atoms with van der Waals surface area (Å²) in [4.78, 5) is 11.6. The Morgan fingerprint density at radius 1 is 1.45 bits per heavy atom. The number of hydrogen-bond donors (Lipinski definition) is 3. The minimum absolute atomic E-state index is 0.110. The summed E-state index contributed by atoms with van der Waals surface area (Å²) in [5, 5.41) is 13.4. The summed E-state index contributed by atoms with van der Waals surface area (Å²) in [6.45, 7) is -1.54. The zero-order valence-corrected chi connectivity index (χ0v) is 10.7. The Labute approximate surface area is 113 Å². The number of benzene rings is 1. The third-order valence-electron chi connectivity index (χ3n) is 2.35. The smallest absolute Gasteiger partial charge is 0.387 e. The van der Waals surface area contributed by atoms with Gasteiger partial charge in [-0.2, -0.15) is 8.78 Å². The minimum Gasteiger partial charge on any atom is -0.433 e. The number of urea groups is 1. The van der Waals surface area contributed by atoms with Crippen molar-refractivity contribution >= 4 is 11.7 Å². The summed E-state index contributed by atoms with van der Waals surface area (Å²) >= 11 is 0. The van der Waals surface area contributed by atoms with Gasteiger partial charge < -0.3 is 20.5 Å². The summed E-state index contributed by atoms with van der Waals surface area (Å²) in [7, 11) is 0. The van der Waals surface area contributed by atoms with E-state index in [1.54, 1.807) is 6.92 Å². The molecule has 0 unspecified atom stereocenters. The molecule has 0 saturated carbocycles. The van der Waals surface area contributed by atoms with Gasteiger partial charge in [0, 0.05) is 18.7 Å². The number of nitrogens with one attached hydrogen (secondary N) is 2. The normalized spacial score (nSPS) is 12.1. The van der Waals surface area contributed by atoms with Crippen LogP contribution < -0.4 is 15.4 Å². The number of alkyl halides is 2. The van der Waals surface area contributed by atoms with Gasteiger partial charge in [0.15, 0.2) is 0 Å². The first-order valence-electron chi connectivity index (χ1n) is 5.85. The third-order valence-corrected chi connectivity index (χ3v) is 2.35. The van der Waals surface area contributed by atoms with Crippen molar-refractivity contribution in [3.63, 3.8) is 0 Å². The molecular formula is C12H15F3N2O3. The molecule has 2 amide bonds. The van der Waals surface area contributed by atoms with Crippen molar-refractivity contribution in [3.05, 3.63) is 24.0 Å². The number of aliphatic hydroxyl groups excluding tert-OH is 1. The molecule has 112 valence electrons. The zero-order valence-electron chi connectivity index (χ0n) is 10.7. The molecule has 0 bridgehead atoms. The summed E-state index contributed by atoms with van der Waals surface area (Å²) in [6.07, 6.45) is 0.330. The number of carbonyl (C=O) groups is 1. The fraction of sp³-hybridized carbons (Fsp3) is 0.417. The van der Waals surface area contributed by atoms with Crippen LogP contribution in [0.1, 0.15) is 13.3 Å². The van der Waals surface area contributed by atoms with Crippen LogP contribution >= 0.6 is 0 Å². The van der Waals surface area contributed by atoms with E-state index in [9.17, 15) is 18.0 Å². The highest BCUT2D eigenvalue weighted by Crippen LogP contribution is 2.26. The van der Waals surface area contributed by atoms with Crippen LogP contribution in [0.5, 0.6) is 5.75 Å². The van der Waals surface area contributed by atoms with E-state index < -0.39 is 18.5 Å². The SMILES string of the molecule is C[C@H](CCO)NC(=O)Nc1cc(F)ccc1OC(F)F. The zero-order chi connectivity index (χ0) is 15.1. The minimum atomic E-state index is -3.09. The Morgan fingerprint density at radius 2 is 2.15 bits per heavy atom. The summed E-state index contributed by atoms with van der Waals surface area (Å²) in [6, 6.07) is 1.76. The second-order valence-corrected chi connectivity index (χ2v) is 4.03. The molecule has 0 radical (unpaired) electrons. The van der Waals surface area contributed by atoms with Crippen molar-refractivity contribution < 1.29 is 27.8 Å². The van der Waals surface area contributed by atoms with Gasteiger partial charge in [-0.25, -0.2) is 9.18 Å². The van der Waals surface area contributed by atoms with E-state index in [-0.39, 0.29) is 24.1 Å². The van der Waals surface area contributed by atoms with E-state index in [0.717, 1.165) is 18.2 Å². The van der Waals surface area contributed by atoms with Crippen molar-refractivity contribution in [2.45, 2.75) is 26.0 Å². The van der Waals surface area contributed by atoms with Crippen LogP contribution in [0.15, 0.2) is 18.2 Å². The number of carbonyl (C=O) groups excluding carboxylic acids is 1. The number of halogens is 3. The fourth-order valence-corrected chi connectivity index (χ4v) is 1.45. The number of rotatable bonds is 6. The second-order valence-electron chi connectivity index (χ2n) is 4.03. The van der Waals surface area contributed by atoms with Gasteiger partial charge in [0.2, 0.25) is 0 Å². The van der Waals surface area contributed by atoms with E-state index in [1.807, 2.05) is 0 Å². The lowest BCUT2D eigenvalue weighted by atomic mass is 10.2. The van der Waals surface area contributed by atoms with Gasteiger partial charge in [-0.05, 0) is 25.5 Å². The molecule has 1 rings (SSSR count). The molecule has 3 N–H and O–H groups in total. The van der Waals surface area contributed by atoms with Crippen LogP contribution in [-0.2, 0) is 0 Å². The molecule has 0 heterocycles. The third kappa shape index (κ3) is 5.35. The lowest BCUT2D eigenvalue weighted by Crippen LogP contribution is -2.36. The highest BCUT2D eigenvalue weighted by atomic mass is 19.3. The lowest BCUT2D eigenvalue weighted by molar-refractivity contribution is -0.0494. The van der Waals surface area contributed by atoms with Gasteiger partial charge in [0.05, 0.1) is 5.69 Å². The number of amides is 2. The molecule has 1 aromatic carbocycles. The van der Waals surface area contributed by atoms with E-state index in [0.29, 0.717) is 6.42 Å². The predicted octanol–water partition coefficient (Wildman–Crippen LogP) is 2.32. The van der Waals surface area contributed by atoms with Crippen LogP contribution in [0.2, 0.25) is 0 Å². The van der Waals surface area contributed by atoms with Crippen LogP contribution in [0.25, 0.3) is 0 Å². The Balaban J connectivity index is 2.74. The van der Waals surface area contributed by atoms with E-state index in [2.05, 4.69) is 15.4 Å². The number of anilines is 1. The van der Waals surface area contributed by atoms with Crippen molar-refractivity contribution in [2.75, 3.05) is 11.9 Å². The first-order valence-corrected chi connectivity index (χ1v) is 5.85. The molecule has 0 aliphatic rings. The number of ether oxygens (including phenoxy) is 1.